The Morgan fingerprint density at radius 1 is 1.07 bits per heavy atom. The SMILES string of the molecule is C[C@H](NC(=O)CN1CCOCC1)C(=O)N[C@@H](Cc1ccc2c(c1)CCS(O)(O)N2)C(=O)N[C@@H](CC1CCCC1)C(=O)[C@]1(C)CO1. The fraction of sp³-hybridized carbons (Fsp3) is 0.677. The van der Waals surface area contributed by atoms with E-state index in [0.717, 1.165) is 36.8 Å². The third-order valence-corrected chi connectivity index (χ3v) is 10.5. The molecule has 3 aliphatic heterocycles. The molecule has 3 amide bonds. The Kier molecular flexibility index (Phi) is 10.7. The molecular weight excluding hydrogens is 602 g/mol. The van der Waals surface area contributed by atoms with Gasteiger partial charge in [-0.25, -0.2) is 0 Å². The number of carbonyl (C=O) groups excluding carboxylic acids is 4. The molecule has 3 heterocycles. The second kappa shape index (κ2) is 14.3. The molecule has 13 nitrogen and oxygen atoms in total. The second-order valence-corrected chi connectivity index (χ2v) is 14.9. The number of anilines is 1. The summed E-state index contributed by atoms with van der Waals surface area (Å²) in [5.41, 5.74) is 1.35. The van der Waals surface area contributed by atoms with Crippen LogP contribution in [0.5, 0.6) is 0 Å². The number of Topliss-reactive ketones (excluding diaryl/α,β-unsaturated/α-hetero) is 1. The topological polar surface area (TPSA) is 182 Å². The third-order valence-electron chi connectivity index (χ3n) is 9.19. The van der Waals surface area contributed by atoms with Gasteiger partial charge in [-0.2, -0.15) is 0 Å². The number of nitrogens with one attached hydrogen (secondary N) is 4. The van der Waals surface area contributed by atoms with Crippen LogP contribution in [0.2, 0.25) is 0 Å². The zero-order chi connectivity index (χ0) is 32.2. The first kappa shape index (κ1) is 33.6. The Bertz CT molecular complexity index is 1260. The lowest BCUT2D eigenvalue weighted by Gasteiger charge is -2.38. The molecule has 3 fully saturated rings. The zero-order valence-corrected chi connectivity index (χ0v) is 27.0. The van der Waals surface area contributed by atoms with Crippen molar-refractivity contribution in [3.8, 4) is 0 Å². The monoisotopic (exact) mass is 649 g/mol. The quantitative estimate of drug-likeness (QED) is 0.172. The number of nitrogens with zero attached hydrogens (tertiary/aromatic N) is 1. The van der Waals surface area contributed by atoms with Crippen molar-refractivity contribution in [3.63, 3.8) is 0 Å². The maximum absolute atomic E-state index is 13.9. The summed E-state index contributed by atoms with van der Waals surface area (Å²) in [6.07, 6.45) is 5.32. The summed E-state index contributed by atoms with van der Waals surface area (Å²) in [6, 6.07) is 2.72. The molecule has 14 heteroatoms. The number of epoxide rings is 1. The van der Waals surface area contributed by atoms with Crippen molar-refractivity contribution in [2.24, 2.45) is 5.92 Å². The molecule has 0 bridgehead atoms. The van der Waals surface area contributed by atoms with Crippen LogP contribution in [0.4, 0.5) is 5.69 Å². The molecule has 4 atom stereocenters. The van der Waals surface area contributed by atoms with Crippen LogP contribution in [-0.4, -0.2) is 106 Å². The number of morpholine rings is 1. The fourth-order valence-corrected chi connectivity index (χ4v) is 7.48. The standard InChI is InChI=1S/C31H47N5O8S/c1-20(32-27(37)18-36-10-12-43-13-11-36)29(39)34-26(17-22-7-8-24-23(15-22)9-14-45(41,42)35-24)30(40)33-25(16-21-5-3-4-6-21)28(38)31(2)19-44-31/h7-8,15,20-21,25-26,35,41-42H,3-6,9-14,16-19H2,1-2H3,(H,32,37)(H,33,40)(H,34,39)/t20-,25-,26-,31-/m0/s1. The summed E-state index contributed by atoms with van der Waals surface area (Å²) in [4.78, 5) is 55.3. The lowest BCUT2D eigenvalue weighted by molar-refractivity contribution is -0.134. The van der Waals surface area contributed by atoms with Crippen LogP contribution in [-0.2, 0) is 41.5 Å². The molecule has 1 aromatic rings. The molecule has 0 radical (unpaired) electrons. The summed E-state index contributed by atoms with van der Waals surface area (Å²) in [6.45, 7) is 6.14. The number of amides is 3. The van der Waals surface area contributed by atoms with Gasteiger partial charge in [0.05, 0.1) is 43.8 Å². The summed E-state index contributed by atoms with van der Waals surface area (Å²) >= 11 is 0. The fourth-order valence-electron chi connectivity index (χ4n) is 6.32. The van der Waals surface area contributed by atoms with E-state index in [4.69, 9.17) is 9.47 Å². The van der Waals surface area contributed by atoms with Crippen LogP contribution in [0.15, 0.2) is 18.2 Å². The number of ether oxygens (including phenoxy) is 2. The second-order valence-electron chi connectivity index (χ2n) is 13.0. The summed E-state index contributed by atoms with van der Waals surface area (Å²) in [5, 5.41) is 8.51. The van der Waals surface area contributed by atoms with Gasteiger partial charge in [-0.1, -0.05) is 37.8 Å². The van der Waals surface area contributed by atoms with Crippen molar-refractivity contribution < 1.29 is 37.8 Å². The molecule has 4 aliphatic rings. The molecular formula is C31H47N5O8S. The Morgan fingerprint density at radius 3 is 2.44 bits per heavy atom. The number of hydrogen-bond acceptors (Lipinski definition) is 10. The van der Waals surface area contributed by atoms with E-state index in [9.17, 15) is 28.3 Å². The minimum atomic E-state index is -2.89. The lowest BCUT2D eigenvalue weighted by atomic mass is 9.90. The van der Waals surface area contributed by atoms with Crippen LogP contribution in [0.1, 0.15) is 57.1 Å². The highest BCUT2D eigenvalue weighted by Gasteiger charge is 2.50. The molecule has 45 heavy (non-hydrogen) atoms. The van der Waals surface area contributed by atoms with Crippen molar-refractivity contribution >= 4 is 40.0 Å². The average Bonchev–Trinajstić information content (AvgIpc) is 3.54. The van der Waals surface area contributed by atoms with Gasteiger partial charge in [-0.05, 0) is 49.8 Å². The predicted molar refractivity (Wildman–Crippen MR) is 170 cm³/mol. The van der Waals surface area contributed by atoms with E-state index >= 15 is 0 Å². The van der Waals surface area contributed by atoms with Crippen molar-refractivity contribution in [1.29, 1.82) is 0 Å². The largest absolute Gasteiger partial charge is 0.379 e. The first-order chi connectivity index (χ1) is 21.4. The van der Waals surface area contributed by atoms with Gasteiger partial charge in [0.15, 0.2) is 5.78 Å². The van der Waals surface area contributed by atoms with Gasteiger partial charge >= 0.3 is 0 Å². The van der Waals surface area contributed by atoms with Crippen LogP contribution >= 0.6 is 10.8 Å². The molecule has 2 saturated heterocycles. The normalized spacial score (nSPS) is 25.5. The van der Waals surface area contributed by atoms with E-state index in [0.29, 0.717) is 57.4 Å². The Morgan fingerprint density at radius 2 is 1.76 bits per heavy atom. The summed E-state index contributed by atoms with van der Waals surface area (Å²) < 4.78 is 33.7. The molecule has 0 spiro atoms. The summed E-state index contributed by atoms with van der Waals surface area (Å²) in [7, 11) is -2.89. The predicted octanol–water partition coefficient (Wildman–Crippen LogP) is 1.61. The van der Waals surface area contributed by atoms with Gasteiger partial charge in [0.2, 0.25) is 17.7 Å². The first-order valence-electron chi connectivity index (χ1n) is 15.9. The van der Waals surface area contributed by atoms with E-state index in [1.165, 1.54) is 0 Å². The van der Waals surface area contributed by atoms with Crippen LogP contribution in [0.25, 0.3) is 0 Å². The number of hydrogen-bond donors (Lipinski definition) is 6. The summed E-state index contributed by atoms with van der Waals surface area (Å²) in [5.74, 6) is -0.950. The number of carbonyl (C=O) groups is 4. The Balaban J connectivity index is 1.29. The molecule has 1 aliphatic carbocycles. The molecule has 1 saturated carbocycles. The number of ketones is 1. The van der Waals surface area contributed by atoms with Gasteiger partial charge in [0.25, 0.3) is 0 Å². The van der Waals surface area contributed by atoms with E-state index in [1.807, 2.05) is 11.0 Å². The molecule has 1 aromatic carbocycles. The van der Waals surface area contributed by atoms with E-state index in [-0.39, 0.29) is 30.4 Å². The van der Waals surface area contributed by atoms with Crippen molar-refractivity contribution in [2.45, 2.75) is 82.5 Å². The number of rotatable bonds is 13. The van der Waals surface area contributed by atoms with E-state index < -0.39 is 46.3 Å². The van der Waals surface area contributed by atoms with Crippen molar-refractivity contribution in [1.82, 2.24) is 20.9 Å². The number of benzene rings is 1. The van der Waals surface area contributed by atoms with E-state index in [1.54, 1.807) is 26.0 Å². The highest BCUT2D eigenvalue weighted by molar-refractivity contribution is 8.25. The minimum absolute atomic E-state index is 0.133. The number of aryl methyl sites for hydroxylation is 1. The molecule has 250 valence electrons. The van der Waals surface area contributed by atoms with Gasteiger partial charge in [0.1, 0.15) is 17.7 Å². The zero-order valence-electron chi connectivity index (χ0n) is 26.1. The highest BCUT2D eigenvalue weighted by Crippen LogP contribution is 2.44. The number of fused-ring (bicyclic) bond motifs is 1. The lowest BCUT2D eigenvalue weighted by Crippen LogP contribution is -2.57. The highest BCUT2D eigenvalue weighted by atomic mass is 32.3. The van der Waals surface area contributed by atoms with Gasteiger partial charge in [-0.15, -0.1) is 10.8 Å². The Labute approximate surface area is 266 Å². The maximum atomic E-state index is 13.9. The van der Waals surface area contributed by atoms with Gasteiger partial charge in [-0.3, -0.25) is 37.9 Å². The maximum Gasteiger partial charge on any atom is 0.243 e. The van der Waals surface area contributed by atoms with Gasteiger partial charge < -0.3 is 25.4 Å². The first-order valence-corrected chi connectivity index (χ1v) is 17.7. The van der Waals surface area contributed by atoms with Crippen molar-refractivity contribution in [2.75, 3.05) is 49.9 Å². The van der Waals surface area contributed by atoms with Gasteiger partial charge in [0, 0.05) is 19.5 Å². The third kappa shape index (κ3) is 9.17. The molecule has 5 rings (SSSR count). The van der Waals surface area contributed by atoms with Crippen molar-refractivity contribution in [3.05, 3.63) is 29.3 Å². The van der Waals surface area contributed by atoms with Crippen LogP contribution in [0, 0.1) is 5.92 Å². The molecule has 6 N–H and O–H groups in total. The van der Waals surface area contributed by atoms with E-state index in [2.05, 4.69) is 20.7 Å². The van der Waals surface area contributed by atoms with Crippen LogP contribution < -0.4 is 20.7 Å². The Hall–Kier alpha value is -2.75. The molecule has 0 aromatic heterocycles. The average molecular weight is 650 g/mol. The van der Waals surface area contributed by atoms with Crippen LogP contribution in [0.3, 0.4) is 0 Å². The minimum Gasteiger partial charge on any atom is -0.379 e. The smallest absolute Gasteiger partial charge is 0.243 e. The molecule has 0 unspecified atom stereocenters.